The number of halogens is 1. The van der Waals surface area contributed by atoms with Crippen molar-refractivity contribution < 1.29 is 0 Å². The fourth-order valence-corrected chi connectivity index (χ4v) is 3.58. The molecule has 2 N–H and O–H groups in total. The Bertz CT molecular complexity index is 373. The number of nitrogens with zero attached hydrogens (tertiary/aromatic N) is 1. The lowest BCUT2D eigenvalue weighted by Gasteiger charge is -2.22. The Morgan fingerprint density at radius 1 is 1.19 bits per heavy atom. The quantitative estimate of drug-likeness (QED) is 0.759. The van der Waals surface area contributed by atoms with E-state index in [1.54, 1.807) is 0 Å². The van der Waals surface area contributed by atoms with Gasteiger partial charge in [-0.2, -0.15) is 0 Å². The zero-order valence-corrected chi connectivity index (χ0v) is 10.1. The highest BCUT2D eigenvalue weighted by molar-refractivity contribution is 6.34. The third kappa shape index (κ3) is 1.56. The summed E-state index contributed by atoms with van der Waals surface area (Å²) in [7, 11) is 0. The Hall–Kier alpha value is -0.890. The maximum Gasteiger partial charge on any atom is 0.0789 e. The van der Waals surface area contributed by atoms with Crippen LogP contribution in [0.25, 0.3) is 0 Å². The predicted octanol–water partition coefficient (Wildman–Crippen LogP) is 3.16. The highest BCUT2D eigenvalue weighted by atomic mass is 35.5. The van der Waals surface area contributed by atoms with Gasteiger partial charge in [0.25, 0.3) is 0 Å². The summed E-state index contributed by atoms with van der Waals surface area (Å²) in [4.78, 5) is 2.38. The summed E-state index contributed by atoms with van der Waals surface area (Å²) < 4.78 is 0. The van der Waals surface area contributed by atoms with Gasteiger partial charge < -0.3 is 10.6 Å². The molecule has 1 aliphatic carbocycles. The molecule has 0 radical (unpaired) electrons. The topological polar surface area (TPSA) is 29.3 Å². The van der Waals surface area contributed by atoms with E-state index >= 15 is 0 Å². The van der Waals surface area contributed by atoms with Crippen LogP contribution < -0.4 is 10.6 Å². The van der Waals surface area contributed by atoms with Crippen LogP contribution >= 0.6 is 11.6 Å². The Labute approximate surface area is 101 Å². The number of benzene rings is 1. The summed E-state index contributed by atoms with van der Waals surface area (Å²) in [6.45, 7) is 2.28. The first-order valence-electron chi connectivity index (χ1n) is 6.04. The summed E-state index contributed by atoms with van der Waals surface area (Å²) in [6.07, 6.45) is 4.16. The molecule has 1 saturated carbocycles. The number of hydrogen-bond acceptors (Lipinski definition) is 2. The van der Waals surface area contributed by atoms with Gasteiger partial charge >= 0.3 is 0 Å². The van der Waals surface area contributed by atoms with E-state index in [2.05, 4.69) is 4.90 Å². The van der Waals surface area contributed by atoms with Crippen molar-refractivity contribution in [1.29, 1.82) is 0 Å². The van der Waals surface area contributed by atoms with Crippen molar-refractivity contribution in [3.8, 4) is 0 Å². The monoisotopic (exact) mass is 236 g/mol. The molecule has 0 spiro atoms. The largest absolute Gasteiger partial charge is 0.397 e. The molecule has 1 aromatic carbocycles. The molecule has 0 bridgehead atoms. The van der Waals surface area contributed by atoms with Crippen molar-refractivity contribution in [3.63, 3.8) is 0 Å². The van der Waals surface area contributed by atoms with Gasteiger partial charge in [0.15, 0.2) is 0 Å². The van der Waals surface area contributed by atoms with Crippen LogP contribution in [0, 0.1) is 11.8 Å². The van der Waals surface area contributed by atoms with Gasteiger partial charge in [0.05, 0.1) is 16.4 Å². The maximum atomic E-state index is 6.24. The standard InChI is InChI=1S/C13H17ClN2/c14-11-5-2-6-12(15)13(11)16-7-9-3-1-4-10(9)8-16/h2,5-6,9-10H,1,3-4,7-8,15H2. The van der Waals surface area contributed by atoms with E-state index in [1.165, 1.54) is 19.3 Å². The van der Waals surface area contributed by atoms with E-state index in [1.807, 2.05) is 18.2 Å². The second-order valence-corrected chi connectivity index (χ2v) is 5.44. The highest BCUT2D eigenvalue weighted by Crippen LogP contribution is 2.42. The van der Waals surface area contributed by atoms with Gasteiger partial charge in [-0.15, -0.1) is 0 Å². The summed E-state index contributed by atoms with van der Waals surface area (Å²) >= 11 is 6.24. The summed E-state index contributed by atoms with van der Waals surface area (Å²) in [5, 5.41) is 0.792. The molecule has 1 heterocycles. The maximum absolute atomic E-state index is 6.24. The van der Waals surface area contributed by atoms with Crippen molar-refractivity contribution in [3.05, 3.63) is 23.2 Å². The first-order chi connectivity index (χ1) is 7.75. The first-order valence-corrected chi connectivity index (χ1v) is 6.42. The first kappa shape index (κ1) is 10.3. The number of nitrogens with two attached hydrogens (primary N) is 1. The van der Waals surface area contributed by atoms with Crippen LogP contribution in [-0.4, -0.2) is 13.1 Å². The molecular weight excluding hydrogens is 220 g/mol. The molecule has 2 nitrogen and oxygen atoms in total. The lowest BCUT2D eigenvalue weighted by Crippen LogP contribution is -2.22. The predicted molar refractivity (Wildman–Crippen MR) is 68.9 cm³/mol. The second kappa shape index (κ2) is 3.85. The molecule has 16 heavy (non-hydrogen) atoms. The van der Waals surface area contributed by atoms with Crippen LogP contribution in [-0.2, 0) is 0 Å². The van der Waals surface area contributed by atoms with Crippen LogP contribution in [0.15, 0.2) is 18.2 Å². The van der Waals surface area contributed by atoms with Crippen LogP contribution in [0.3, 0.4) is 0 Å². The zero-order chi connectivity index (χ0) is 11.1. The fraction of sp³-hybridized carbons (Fsp3) is 0.538. The van der Waals surface area contributed by atoms with Crippen LogP contribution in [0.4, 0.5) is 11.4 Å². The minimum Gasteiger partial charge on any atom is -0.397 e. The van der Waals surface area contributed by atoms with Gasteiger partial charge in [0.1, 0.15) is 0 Å². The summed E-state index contributed by atoms with van der Waals surface area (Å²) in [6, 6.07) is 5.79. The molecule has 1 saturated heterocycles. The molecule has 0 amide bonds. The van der Waals surface area contributed by atoms with Crippen LogP contribution in [0.2, 0.25) is 5.02 Å². The highest BCUT2D eigenvalue weighted by Gasteiger charge is 2.37. The van der Waals surface area contributed by atoms with Gasteiger partial charge in [-0.25, -0.2) is 0 Å². The number of rotatable bonds is 1. The third-order valence-corrected chi connectivity index (χ3v) is 4.37. The molecule has 2 atom stereocenters. The Morgan fingerprint density at radius 2 is 1.88 bits per heavy atom. The number of fused-ring (bicyclic) bond motifs is 1. The third-order valence-electron chi connectivity index (χ3n) is 4.06. The Kier molecular flexibility index (Phi) is 2.47. The average Bonchev–Trinajstić information content (AvgIpc) is 2.77. The van der Waals surface area contributed by atoms with E-state index in [9.17, 15) is 0 Å². The molecule has 2 aliphatic rings. The van der Waals surface area contributed by atoms with Crippen molar-refractivity contribution in [2.75, 3.05) is 23.7 Å². The van der Waals surface area contributed by atoms with Crippen molar-refractivity contribution in [2.45, 2.75) is 19.3 Å². The van der Waals surface area contributed by atoms with Gasteiger partial charge in [0, 0.05) is 13.1 Å². The van der Waals surface area contributed by atoms with Gasteiger partial charge in [-0.05, 0) is 36.8 Å². The number of anilines is 2. The molecule has 3 heteroatoms. The minimum absolute atomic E-state index is 0.792. The van der Waals surface area contributed by atoms with E-state index in [0.717, 1.165) is 41.3 Å². The summed E-state index contributed by atoms with van der Waals surface area (Å²) in [5.41, 5.74) is 7.89. The average molecular weight is 237 g/mol. The van der Waals surface area contributed by atoms with E-state index in [-0.39, 0.29) is 0 Å². The van der Waals surface area contributed by atoms with Gasteiger partial charge in [-0.1, -0.05) is 24.1 Å². The Balaban J connectivity index is 1.88. The normalized spacial score (nSPS) is 28.4. The number of para-hydroxylation sites is 1. The number of nitrogen functional groups attached to an aromatic ring is 1. The number of hydrogen-bond donors (Lipinski definition) is 1. The lowest BCUT2D eigenvalue weighted by atomic mass is 10.0. The zero-order valence-electron chi connectivity index (χ0n) is 9.32. The lowest BCUT2D eigenvalue weighted by molar-refractivity contribution is 0.494. The molecule has 0 aromatic heterocycles. The molecule has 2 unspecified atom stereocenters. The van der Waals surface area contributed by atoms with Crippen LogP contribution in [0.1, 0.15) is 19.3 Å². The molecule has 2 fully saturated rings. The molecule has 1 aromatic rings. The fourth-order valence-electron chi connectivity index (χ4n) is 3.28. The second-order valence-electron chi connectivity index (χ2n) is 5.03. The minimum atomic E-state index is 0.792. The van der Waals surface area contributed by atoms with Crippen LogP contribution in [0.5, 0.6) is 0 Å². The van der Waals surface area contributed by atoms with Gasteiger partial charge in [0.2, 0.25) is 0 Å². The van der Waals surface area contributed by atoms with Crippen molar-refractivity contribution in [2.24, 2.45) is 11.8 Å². The molecule has 86 valence electrons. The smallest absolute Gasteiger partial charge is 0.0789 e. The molecular formula is C13H17ClN2. The van der Waals surface area contributed by atoms with Gasteiger partial charge in [-0.3, -0.25) is 0 Å². The van der Waals surface area contributed by atoms with E-state index in [0.29, 0.717) is 0 Å². The molecule has 3 rings (SSSR count). The molecule has 1 aliphatic heterocycles. The van der Waals surface area contributed by atoms with Crippen molar-refractivity contribution >= 4 is 23.0 Å². The SMILES string of the molecule is Nc1cccc(Cl)c1N1CC2CCCC2C1. The van der Waals surface area contributed by atoms with E-state index < -0.39 is 0 Å². The van der Waals surface area contributed by atoms with Crippen molar-refractivity contribution in [1.82, 2.24) is 0 Å². The summed E-state index contributed by atoms with van der Waals surface area (Å²) in [5.74, 6) is 1.74. The Morgan fingerprint density at radius 3 is 2.50 bits per heavy atom. The van der Waals surface area contributed by atoms with E-state index in [4.69, 9.17) is 17.3 Å².